The summed E-state index contributed by atoms with van der Waals surface area (Å²) in [6.45, 7) is 9.03. The SMILES string of the molecule is C=CCNC(C#CC)Cc1ccc(OCC)cc1. The highest BCUT2D eigenvalue weighted by Gasteiger charge is 2.05. The van der Waals surface area contributed by atoms with Crippen LogP contribution in [-0.4, -0.2) is 19.2 Å². The smallest absolute Gasteiger partial charge is 0.119 e. The normalized spacial score (nSPS) is 11.2. The molecule has 1 aromatic rings. The molecule has 0 amide bonds. The number of hydrogen-bond donors (Lipinski definition) is 1. The van der Waals surface area contributed by atoms with E-state index >= 15 is 0 Å². The number of hydrogen-bond acceptors (Lipinski definition) is 2. The van der Waals surface area contributed by atoms with Crippen LogP contribution in [0.4, 0.5) is 0 Å². The van der Waals surface area contributed by atoms with E-state index in [1.165, 1.54) is 5.56 Å². The third kappa shape index (κ3) is 5.07. The fraction of sp³-hybridized carbons (Fsp3) is 0.375. The lowest BCUT2D eigenvalue weighted by Crippen LogP contribution is -2.29. The number of rotatable bonds is 7. The van der Waals surface area contributed by atoms with Gasteiger partial charge in [0, 0.05) is 6.54 Å². The molecule has 1 N–H and O–H groups in total. The van der Waals surface area contributed by atoms with Crippen LogP contribution in [0.3, 0.4) is 0 Å². The van der Waals surface area contributed by atoms with Crippen molar-refractivity contribution in [1.82, 2.24) is 5.32 Å². The largest absolute Gasteiger partial charge is 0.494 e. The molecule has 18 heavy (non-hydrogen) atoms. The van der Waals surface area contributed by atoms with Gasteiger partial charge >= 0.3 is 0 Å². The molecule has 1 aromatic carbocycles. The van der Waals surface area contributed by atoms with E-state index in [2.05, 4.69) is 35.9 Å². The molecular weight excluding hydrogens is 222 g/mol. The van der Waals surface area contributed by atoms with Crippen LogP contribution >= 0.6 is 0 Å². The van der Waals surface area contributed by atoms with Crippen LogP contribution in [0.1, 0.15) is 19.4 Å². The topological polar surface area (TPSA) is 21.3 Å². The highest BCUT2D eigenvalue weighted by Crippen LogP contribution is 2.13. The maximum absolute atomic E-state index is 5.42. The van der Waals surface area contributed by atoms with Crippen molar-refractivity contribution in [2.45, 2.75) is 26.3 Å². The van der Waals surface area contributed by atoms with Crippen molar-refractivity contribution in [1.29, 1.82) is 0 Å². The van der Waals surface area contributed by atoms with Gasteiger partial charge in [-0.15, -0.1) is 12.5 Å². The van der Waals surface area contributed by atoms with Crippen molar-refractivity contribution < 1.29 is 4.74 Å². The molecule has 0 aliphatic rings. The van der Waals surface area contributed by atoms with E-state index in [1.807, 2.05) is 32.1 Å². The third-order valence-electron chi connectivity index (χ3n) is 2.50. The van der Waals surface area contributed by atoms with Crippen LogP contribution in [0, 0.1) is 11.8 Å². The Hall–Kier alpha value is -1.72. The van der Waals surface area contributed by atoms with Gasteiger partial charge in [-0.3, -0.25) is 5.32 Å². The minimum Gasteiger partial charge on any atom is -0.494 e. The van der Waals surface area contributed by atoms with Gasteiger partial charge in [0.05, 0.1) is 12.6 Å². The maximum atomic E-state index is 5.42. The van der Waals surface area contributed by atoms with Crippen LogP contribution in [0.25, 0.3) is 0 Å². The summed E-state index contributed by atoms with van der Waals surface area (Å²) in [5.41, 5.74) is 1.25. The van der Waals surface area contributed by atoms with Gasteiger partial charge in [-0.2, -0.15) is 0 Å². The average molecular weight is 243 g/mol. The van der Waals surface area contributed by atoms with E-state index in [-0.39, 0.29) is 6.04 Å². The summed E-state index contributed by atoms with van der Waals surface area (Å²) in [7, 11) is 0. The molecule has 2 nitrogen and oxygen atoms in total. The van der Waals surface area contributed by atoms with Crippen LogP contribution in [0.2, 0.25) is 0 Å². The predicted molar refractivity (Wildman–Crippen MR) is 76.8 cm³/mol. The molecule has 0 spiro atoms. The van der Waals surface area contributed by atoms with Crippen LogP contribution in [0.15, 0.2) is 36.9 Å². The molecule has 0 heterocycles. The second kappa shape index (κ2) is 8.38. The van der Waals surface area contributed by atoms with Crippen molar-refractivity contribution in [3.8, 4) is 17.6 Å². The van der Waals surface area contributed by atoms with Gasteiger partial charge in [0.25, 0.3) is 0 Å². The average Bonchev–Trinajstić information content (AvgIpc) is 2.39. The second-order valence-corrected chi connectivity index (χ2v) is 3.92. The molecule has 1 rings (SSSR count). The summed E-state index contributed by atoms with van der Waals surface area (Å²) >= 11 is 0. The molecule has 1 atom stereocenters. The van der Waals surface area contributed by atoms with Crippen molar-refractivity contribution in [3.63, 3.8) is 0 Å². The lowest BCUT2D eigenvalue weighted by molar-refractivity contribution is 0.340. The van der Waals surface area contributed by atoms with Gasteiger partial charge < -0.3 is 4.74 Å². The van der Waals surface area contributed by atoms with Crippen molar-refractivity contribution in [2.24, 2.45) is 0 Å². The van der Waals surface area contributed by atoms with E-state index in [0.717, 1.165) is 18.7 Å². The Morgan fingerprint density at radius 1 is 1.39 bits per heavy atom. The number of benzene rings is 1. The fourth-order valence-electron chi connectivity index (χ4n) is 1.70. The Balaban J connectivity index is 2.61. The van der Waals surface area contributed by atoms with E-state index in [0.29, 0.717) is 6.61 Å². The first kappa shape index (κ1) is 14.3. The minimum atomic E-state index is 0.172. The van der Waals surface area contributed by atoms with E-state index in [9.17, 15) is 0 Å². The molecule has 0 aromatic heterocycles. The Morgan fingerprint density at radius 3 is 2.67 bits per heavy atom. The van der Waals surface area contributed by atoms with Gasteiger partial charge in [-0.1, -0.05) is 24.1 Å². The van der Waals surface area contributed by atoms with Gasteiger partial charge in [-0.05, 0) is 38.0 Å². The molecule has 0 bridgehead atoms. The molecule has 0 fully saturated rings. The van der Waals surface area contributed by atoms with Gasteiger partial charge in [-0.25, -0.2) is 0 Å². The fourth-order valence-corrected chi connectivity index (χ4v) is 1.70. The van der Waals surface area contributed by atoms with Crippen LogP contribution in [0.5, 0.6) is 5.75 Å². The molecular formula is C16H21NO. The first-order chi connectivity index (χ1) is 8.80. The Morgan fingerprint density at radius 2 is 2.11 bits per heavy atom. The zero-order chi connectivity index (χ0) is 13.2. The zero-order valence-electron chi connectivity index (χ0n) is 11.2. The summed E-state index contributed by atoms with van der Waals surface area (Å²) in [5.74, 6) is 7.04. The van der Waals surface area contributed by atoms with Gasteiger partial charge in [0.1, 0.15) is 5.75 Å². The van der Waals surface area contributed by atoms with E-state index in [4.69, 9.17) is 4.74 Å². The molecule has 0 aliphatic heterocycles. The second-order valence-electron chi connectivity index (χ2n) is 3.92. The standard InChI is InChI=1S/C16H21NO/c1-4-7-15(17-12-5-2)13-14-8-10-16(11-9-14)18-6-3/h5,8-11,15,17H,2,6,12-13H2,1,3H3. The molecule has 96 valence electrons. The Labute approximate surface area is 110 Å². The van der Waals surface area contributed by atoms with Crippen molar-refractivity contribution >= 4 is 0 Å². The van der Waals surface area contributed by atoms with Gasteiger partial charge in [0.2, 0.25) is 0 Å². The number of nitrogens with one attached hydrogen (secondary N) is 1. The third-order valence-corrected chi connectivity index (χ3v) is 2.50. The molecule has 0 aliphatic carbocycles. The first-order valence-electron chi connectivity index (χ1n) is 6.28. The van der Waals surface area contributed by atoms with Crippen LogP contribution in [-0.2, 0) is 6.42 Å². The Kier molecular flexibility index (Phi) is 6.68. The summed E-state index contributed by atoms with van der Waals surface area (Å²) in [5, 5.41) is 3.34. The van der Waals surface area contributed by atoms with E-state index < -0.39 is 0 Å². The molecule has 1 unspecified atom stereocenters. The lowest BCUT2D eigenvalue weighted by atomic mass is 10.1. The van der Waals surface area contributed by atoms with Gasteiger partial charge in [0.15, 0.2) is 0 Å². The quantitative estimate of drug-likeness (QED) is 0.587. The summed E-state index contributed by atoms with van der Waals surface area (Å²) in [4.78, 5) is 0. The van der Waals surface area contributed by atoms with Crippen molar-refractivity contribution in [2.75, 3.05) is 13.2 Å². The number of ether oxygens (including phenoxy) is 1. The summed E-state index contributed by atoms with van der Waals surface area (Å²) in [6.07, 6.45) is 2.74. The van der Waals surface area contributed by atoms with Crippen LogP contribution < -0.4 is 10.1 Å². The Bertz CT molecular complexity index is 411. The van der Waals surface area contributed by atoms with Crippen molar-refractivity contribution in [3.05, 3.63) is 42.5 Å². The molecule has 0 radical (unpaired) electrons. The summed E-state index contributed by atoms with van der Waals surface area (Å²) in [6, 6.07) is 8.35. The highest BCUT2D eigenvalue weighted by atomic mass is 16.5. The molecule has 0 saturated carbocycles. The minimum absolute atomic E-state index is 0.172. The first-order valence-corrected chi connectivity index (χ1v) is 6.28. The predicted octanol–water partition coefficient (Wildman–Crippen LogP) is 2.80. The molecule has 2 heteroatoms. The molecule has 0 saturated heterocycles. The maximum Gasteiger partial charge on any atom is 0.119 e. The zero-order valence-corrected chi connectivity index (χ0v) is 11.2. The lowest BCUT2D eigenvalue weighted by Gasteiger charge is -2.12. The summed E-state index contributed by atoms with van der Waals surface area (Å²) < 4.78 is 5.42. The van der Waals surface area contributed by atoms with E-state index in [1.54, 1.807) is 0 Å². The monoisotopic (exact) mass is 243 g/mol. The highest BCUT2D eigenvalue weighted by molar-refractivity contribution is 5.29.